The van der Waals surface area contributed by atoms with Crippen molar-refractivity contribution in [2.45, 2.75) is 31.7 Å². The Bertz CT molecular complexity index is 516. The molecule has 1 heterocycles. The highest BCUT2D eigenvalue weighted by atomic mass is 16.2. The van der Waals surface area contributed by atoms with Crippen LogP contribution in [-0.4, -0.2) is 22.8 Å². The molecule has 0 aromatic heterocycles. The van der Waals surface area contributed by atoms with Crippen molar-refractivity contribution >= 4 is 11.8 Å². The lowest BCUT2D eigenvalue weighted by Crippen LogP contribution is -2.42. The maximum Gasteiger partial charge on any atom is 0.261 e. The first kappa shape index (κ1) is 10.3. The normalized spacial score (nSPS) is 33.3. The molecule has 3 nitrogen and oxygen atoms in total. The largest absolute Gasteiger partial charge is 0.271 e. The van der Waals surface area contributed by atoms with Crippen LogP contribution < -0.4 is 0 Å². The Kier molecular flexibility index (Phi) is 1.97. The molecule has 4 rings (SSSR count). The summed E-state index contributed by atoms with van der Waals surface area (Å²) in [5.41, 5.74) is 1.18. The van der Waals surface area contributed by atoms with Gasteiger partial charge in [0.1, 0.15) is 0 Å². The van der Waals surface area contributed by atoms with Crippen LogP contribution in [0.5, 0.6) is 0 Å². The fourth-order valence-electron chi connectivity index (χ4n) is 4.04. The maximum atomic E-state index is 12.4. The molecule has 3 aliphatic rings. The lowest BCUT2D eigenvalue weighted by atomic mass is 9.94. The average Bonchev–Trinajstić information content (AvgIpc) is 3.06. The van der Waals surface area contributed by atoms with Crippen molar-refractivity contribution in [1.82, 2.24) is 4.90 Å². The molecule has 0 radical (unpaired) electrons. The van der Waals surface area contributed by atoms with Crippen molar-refractivity contribution in [3.8, 4) is 0 Å². The van der Waals surface area contributed by atoms with Crippen LogP contribution >= 0.6 is 0 Å². The van der Waals surface area contributed by atoms with Gasteiger partial charge in [-0.05, 0) is 43.2 Å². The fraction of sp³-hybridized carbons (Fsp3) is 0.467. The third-order valence-corrected chi connectivity index (χ3v) is 4.86. The Hall–Kier alpha value is -1.64. The minimum absolute atomic E-state index is 0.0758. The molecule has 3 atom stereocenters. The molecule has 1 aromatic carbocycles. The zero-order valence-electron chi connectivity index (χ0n) is 10.1. The number of fused-ring (bicyclic) bond motifs is 3. The third kappa shape index (κ3) is 1.19. The van der Waals surface area contributed by atoms with E-state index in [4.69, 9.17) is 0 Å². The number of carbonyl (C=O) groups is 2. The van der Waals surface area contributed by atoms with Crippen LogP contribution in [0.3, 0.4) is 0 Å². The molecule has 18 heavy (non-hydrogen) atoms. The number of nitrogens with zero attached hydrogens (tertiary/aromatic N) is 1. The summed E-state index contributed by atoms with van der Waals surface area (Å²) in [7, 11) is 0. The molecule has 0 N–H and O–H groups in total. The van der Waals surface area contributed by atoms with Crippen LogP contribution in [0.1, 0.15) is 46.4 Å². The van der Waals surface area contributed by atoms with Gasteiger partial charge in [0, 0.05) is 6.04 Å². The van der Waals surface area contributed by atoms with Crippen LogP contribution in [0.4, 0.5) is 0 Å². The second-order valence-electron chi connectivity index (χ2n) is 5.77. The van der Waals surface area contributed by atoms with E-state index in [1.165, 1.54) is 19.3 Å². The zero-order chi connectivity index (χ0) is 12.3. The lowest BCUT2D eigenvalue weighted by molar-refractivity contribution is 0.0530. The van der Waals surface area contributed by atoms with E-state index in [2.05, 4.69) is 0 Å². The van der Waals surface area contributed by atoms with Gasteiger partial charge in [-0.1, -0.05) is 18.6 Å². The van der Waals surface area contributed by atoms with Crippen molar-refractivity contribution in [3.63, 3.8) is 0 Å². The van der Waals surface area contributed by atoms with E-state index in [0.29, 0.717) is 17.0 Å². The highest BCUT2D eigenvalue weighted by Gasteiger charge is 2.49. The van der Waals surface area contributed by atoms with Gasteiger partial charge in [-0.15, -0.1) is 0 Å². The van der Waals surface area contributed by atoms with Gasteiger partial charge in [0.2, 0.25) is 0 Å². The zero-order valence-corrected chi connectivity index (χ0v) is 10.1. The molecule has 0 unspecified atom stereocenters. The SMILES string of the molecule is O=C1c2ccccc2C(=O)N1[C@@H]1C[C@H]2CC[C@@H]1C2. The lowest BCUT2D eigenvalue weighted by Gasteiger charge is -2.29. The Labute approximate surface area is 106 Å². The van der Waals surface area contributed by atoms with Gasteiger partial charge in [-0.3, -0.25) is 14.5 Å². The summed E-state index contributed by atoms with van der Waals surface area (Å²) in [6, 6.07) is 7.35. The number of hydrogen-bond donors (Lipinski definition) is 0. The predicted octanol–water partition coefficient (Wildman–Crippen LogP) is 2.47. The Morgan fingerprint density at radius 1 is 0.944 bits per heavy atom. The van der Waals surface area contributed by atoms with Gasteiger partial charge in [0.25, 0.3) is 11.8 Å². The fourth-order valence-corrected chi connectivity index (χ4v) is 4.04. The molecular weight excluding hydrogens is 226 g/mol. The van der Waals surface area contributed by atoms with Gasteiger partial charge in [-0.25, -0.2) is 0 Å². The number of imide groups is 1. The average molecular weight is 241 g/mol. The Morgan fingerprint density at radius 2 is 1.61 bits per heavy atom. The smallest absolute Gasteiger partial charge is 0.261 e. The van der Waals surface area contributed by atoms with Crippen LogP contribution in [0.25, 0.3) is 0 Å². The molecule has 2 saturated carbocycles. The van der Waals surface area contributed by atoms with Crippen LogP contribution in [0.2, 0.25) is 0 Å². The van der Waals surface area contributed by atoms with Crippen molar-refractivity contribution in [1.29, 1.82) is 0 Å². The van der Waals surface area contributed by atoms with Crippen LogP contribution in [0, 0.1) is 11.8 Å². The second-order valence-corrected chi connectivity index (χ2v) is 5.77. The summed E-state index contributed by atoms with van der Waals surface area (Å²) in [4.78, 5) is 26.3. The summed E-state index contributed by atoms with van der Waals surface area (Å²) in [6.45, 7) is 0. The van der Waals surface area contributed by atoms with E-state index < -0.39 is 0 Å². The van der Waals surface area contributed by atoms with E-state index >= 15 is 0 Å². The minimum atomic E-state index is -0.0758. The van der Waals surface area contributed by atoms with Gasteiger partial charge < -0.3 is 0 Å². The standard InChI is InChI=1S/C15H15NO2/c17-14-11-3-1-2-4-12(11)15(18)16(14)13-8-9-5-6-10(13)7-9/h1-4,9-10,13H,5-8H2/t9-,10+,13+/m0/s1. The monoisotopic (exact) mass is 241 g/mol. The molecule has 3 heteroatoms. The summed E-state index contributed by atoms with van der Waals surface area (Å²) in [5, 5.41) is 0. The molecule has 92 valence electrons. The maximum absolute atomic E-state index is 12.4. The minimum Gasteiger partial charge on any atom is -0.271 e. The van der Waals surface area contributed by atoms with Crippen molar-refractivity contribution < 1.29 is 9.59 Å². The van der Waals surface area contributed by atoms with E-state index in [0.717, 1.165) is 12.3 Å². The number of hydrogen-bond acceptors (Lipinski definition) is 2. The van der Waals surface area contributed by atoms with E-state index in [1.54, 1.807) is 17.0 Å². The highest BCUT2D eigenvalue weighted by Crippen LogP contribution is 2.48. The first-order valence-electron chi connectivity index (χ1n) is 6.72. The van der Waals surface area contributed by atoms with Crippen molar-refractivity contribution in [2.24, 2.45) is 11.8 Å². The number of benzene rings is 1. The van der Waals surface area contributed by atoms with Gasteiger partial charge in [0.05, 0.1) is 11.1 Å². The van der Waals surface area contributed by atoms with Crippen LogP contribution in [0.15, 0.2) is 24.3 Å². The molecule has 2 bridgehead atoms. The number of carbonyl (C=O) groups excluding carboxylic acids is 2. The van der Waals surface area contributed by atoms with Gasteiger partial charge in [0.15, 0.2) is 0 Å². The van der Waals surface area contributed by atoms with E-state index in [-0.39, 0.29) is 17.9 Å². The van der Waals surface area contributed by atoms with Crippen molar-refractivity contribution in [2.75, 3.05) is 0 Å². The Balaban J connectivity index is 1.72. The molecule has 2 amide bonds. The highest BCUT2D eigenvalue weighted by molar-refractivity contribution is 6.21. The van der Waals surface area contributed by atoms with Gasteiger partial charge in [-0.2, -0.15) is 0 Å². The first-order valence-corrected chi connectivity index (χ1v) is 6.72. The number of amides is 2. The topological polar surface area (TPSA) is 37.4 Å². The van der Waals surface area contributed by atoms with E-state index in [1.807, 2.05) is 12.1 Å². The molecule has 2 aliphatic carbocycles. The molecular formula is C15H15NO2. The Morgan fingerprint density at radius 3 is 2.11 bits per heavy atom. The molecule has 1 aliphatic heterocycles. The summed E-state index contributed by atoms with van der Waals surface area (Å²) >= 11 is 0. The molecule has 0 spiro atoms. The summed E-state index contributed by atoms with van der Waals surface area (Å²) < 4.78 is 0. The second kappa shape index (κ2) is 3.44. The summed E-state index contributed by atoms with van der Waals surface area (Å²) in [6.07, 6.45) is 4.70. The molecule has 0 saturated heterocycles. The third-order valence-electron chi connectivity index (χ3n) is 4.86. The van der Waals surface area contributed by atoms with E-state index in [9.17, 15) is 9.59 Å². The first-order chi connectivity index (χ1) is 8.75. The molecule has 1 aromatic rings. The van der Waals surface area contributed by atoms with Crippen LogP contribution in [-0.2, 0) is 0 Å². The quantitative estimate of drug-likeness (QED) is 0.708. The van der Waals surface area contributed by atoms with Gasteiger partial charge >= 0.3 is 0 Å². The predicted molar refractivity (Wildman–Crippen MR) is 66.2 cm³/mol. The number of rotatable bonds is 1. The van der Waals surface area contributed by atoms with Crippen molar-refractivity contribution in [3.05, 3.63) is 35.4 Å². The molecule has 2 fully saturated rings. The summed E-state index contributed by atoms with van der Waals surface area (Å²) in [5.74, 6) is 1.14.